The number of aromatic amines is 1. The summed E-state index contributed by atoms with van der Waals surface area (Å²) in [6.45, 7) is 0. The highest BCUT2D eigenvalue weighted by atomic mass is 35.5. The molecule has 0 spiro atoms. The molecule has 4 heteroatoms. The van der Waals surface area contributed by atoms with Gasteiger partial charge in [0.2, 0.25) is 0 Å². The van der Waals surface area contributed by atoms with E-state index in [0.29, 0.717) is 10.9 Å². The van der Waals surface area contributed by atoms with E-state index < -0.39 is 0 Å². The molecule has 1 N–H and O–H groups in total. The Balaban J connectivity index is 2.01. The lowest BCUT2D eigenvalue weighted by Crippen LogP contribution is -1.86. The van der Waals surface area contributed by atoms with E-state index in [9.17, 15) is 0 Å². The van der Waals surface area contributed by atoms with Gasteiger partial charge in [0.1, 0.15) is 5.69 Å². The van der Waals surface area contributed by atoms with Crippen LogP contribution in [0.4, 0.5) is 0 Å². The highest BCUT2D eigenvalue weighted by molar-refractivity contribution is 6.32. The summed E-state index contributed by atoms with van der Waals surface area (Å²) in [5.74, 6) is 1.44. The van der Waals surface area contributed by atoms with E-state index in [0.717, 1.165) is 11.5 Å². The minimum Gasteiger partial charge on any atom is -0.340 e. The maximum Gasteiger partial charge on any atom is 0.157 e. The van der Waals surface area contributed by atoms with E-state index >= 15 is 0 Å². The van der Waals surface area contributed by atoms with Crippen molar-refractivity contribution in [1.82, 2.24) is 15.0 Å². The lowest BCUT2D eigenvalue weighted by molar-refractivity contribution is 1.05. The summed E-state index contributed by atoms with van der Waals surface area (Å²) < 4.78 is 0. The number of nitrogens with zero attached hydrogens (tertiary/aromatic N) is 2. The van der Waals surface area contributed by atoms with E-state index in [1.807, 2.05) is 18.3 Å². The van der Waals surface area contributed by atoms with Gasteiger partial charge in [0, 0.05) is 24.0 Å². The van der Waals surface area contributed by atoms with Crippen molar-refractivity contribution in [2.24, 2.45) is 0 Å². The number of pyridine rings is 1. The molecule has 0 bridgehead atoms. The number of imidazole rings is 1. The Morgan fingerprint density at radius 1 is 1.33 bits per heavy atom. The number of hydrogen-bond donors (Lipinski definition) is 1. The Labute approximate surface area is 92.5 Å². The van der Waals surface area contributed by atoms with Crippen LogP contribution in [0.1, 0.15) is 24.5 Å². The van der Waals surface area contributed by atoms with Crippen molar-refractivity contribution in [3.63, 3.8) is 0 Å². The van der Waals surface area contributed by atoms with Crippen molar-refractivity contribution in [1.29, 1.82) is 0 Å². The molecule has 0 unspecified atom stereocenters. The Morgan fingerprint density at radius 3 is 2.93 bits per heavy atom. The molecule has 2 aromatic rings. The summed E-state index contributed by atoms with van der Waals surface area (Å²) in [5.41, 5.74) is 1.93. The van der Waals surface area contributed by atoms with E-state index in [-0.39, 0.29) is 0 Å². The molecule has 1 saturated carbocycles. The third-order valence-electron chi connectivity index (χ3n) is 2.60. The van der Waals surface area contributed by atoms with Crippen LogP contribution < -0.4 is 0 Å². The van der Waals surface area contributed by atoms with Crippen LogP contribution in [-0.2, 0) is 0 Å². The maximum atomic E-state index is 6.04. The molecule has 1 aliphatic rings. The zero-order valence-electron chi connectivity index (χ0n) is 8.07. The Hall–Kier alpha value is -1.35. The molecule has 3 rings (SSSR count). The van der Waals surface area contributed by atoms with Gasteiger partial charge in [0.05, 0.1) is 5.02 Å². The number of nitrogens with one attached hydrogen (secondary N) is 1. The molecule has 15 heavy (non-hydrogen) atoms. The number of rotatable bonds is 2. The molecule has 0 amide bonds. The summed E-state index contributed by atoms with van der Waals surface area (Å²) in [4.78, 5) is 11.8. The molecule has 0 aromatic carbocycles. The average Bonchev–Trinajstić information content (AvgIpc) is 2.99. The van der Waals surface area contributed by atoms with Crippen molar-refractivity contribution >= 4 is 11.6 Å². The average molecular weight is 220 g/mol. The molecule has 0 atom stereocenters. The summed E-state index contributed by atoms with van der Waals surface area (Å²) in [7, 11) is 0. The summed E-state index contributed by atoms with van der Waals surface area (Å²) in [5, 5.41) is 0.634. The minimum atomic E-state index is 0.634. The smallest absolute Gasteiger partial charge is 0.157 e. The van der Waals surface area contributed by atoms with Crippen LogP contribution in [0, 0.1) is 0 Å². The van der Waals surface area contributed by atoms with Crippen LogP contribution in [0.2, 0.25) is 5.02 Å². The number of halogens is 1. The fourth-order valence-corrected chi connectivity index (χ4v) is 1.83. The van der Waals surface area contributed by atoms with Gasteiger partial charge in [-0.1, -0.05) is 11.6 Å². The van der Waals surface area contributed by atoms with Crippen molar-refractivity contribution < 1.29 is 0 Å². The first-order valence-corrected chi connectivity index (χ1v) is 5.38. The van der Waals surface area contributed by atoms with Gasteiger partial charge >= 0.3 is 0 Å². The molecule has 1 fully saturated rings. The van der Waals surface area contributed by atoms with Crippen molar-refractivity contribution in [2.45, 2.75) is 18.8 Å². The normalized spacial score (nSPS) is 15.5. The topological polar surface area (TPSA) is 41.6 Å². The SMILES string of the molecule is Clc1cccnc1-c1ncc(C2CC2)[nH]1. The Kier molecular flexibility index (Phi) is 1.99. The van der Waals surface area contributed by atoms with Gasteiger partial charge in [-0.25, -0.2) is 4.98 Å². The summed E-state index contributed by atoms with van der Waals surface area (Å²) >= 11 is 6.04. The van der Waals surface area contributed by atoms with E-state index in [2.05, 4.69) is 15.0 Å². The first-order valence-electron chi connectivity index (χ1n) is 5.00. The summed E-state index contributed by atoms with van der Waals surface area (Å²) in [6, 6.07) is 3.64. The molecular weight excluding hydrogens is 210 g/mol. The van der Waals surface area contributed by atoms with Crippen LogP contribution in [0.3, 0.4) is 0 Å². The second-order valence-electron chi connectivity index (χ2n) is 3.80. The molecule has 1 aliphatic carbocycles. The van der Waals surface area contributed by atoms with E-state index in [1.54, 1.807) is 6.20 Å². The molecule has 2 aromatic heterocycles. The molecule has 0 radical (unpaired) electrons. The van der Waals surface area contributed by atoms with E-state index in [4.69, 9.17) is 11.6 Å². The highest BCUT2D eigenvalue weighted by Crippen LogP contribution is 2.39. The minimum absolute atomic E-state index is 0.634. The van der Waals surface area contributed by atoms with Crippen molar-refractivity contribution in [3.05, 3.63) is 35.2 Å². The first kappa shape index (κ1) is 8.92. The largest absolute Gasteiger partial charge is 0.340 e. The molecule has 0 saturated heterocycles. The number of aromatic nitrogens is 3. The summed E-state index contributed by atoms with van der Waals surface area (Å²) in [6.07, 6.45) is 6.13. The lowest BCUT2D eigenvalue weighted by Gasteiger charge is -1.97. The predicted octanol–water partition coefficient (Wildman–Crippen LogP) is 3.00. The second kappa shape index (κ2) is 3.35. The molecule has 76 valence electrons. The highest BCUT2D eigenvalue weighted by Gasteiger charge is 2.25. The van der Waals surface area contributed by atoms with Gasteiger partial charge in [-0.2, -0.15) is 0 Å². The lowest BCUT2D eigenvalue weighted by atomic mass is 10.3. The first-order chi connectivity index (χ1) is 7.34. The van der Waals surface area contributed by atoms with Gasteiger partial charge in [0.25, 0.3) is 0 Å². The second-order valence-corrected chi connectivity index (χ2v) is 4.20. The van der Waals surface area contributed by atoms with E-state index in [1.165, 1.54) is 18.5 Å². The van der Waals surface area contributed by atoms with Gasteiger partial charge in [-0.05, 0) is 25.0 Å². The number of hydrogen-bond acceptors (Lipinski definition) is 2. The maximum absolute atomic E-state index is 6.04. The van der Waals surface area contributed by atoms with Crippen LogP contribution in [0.15, 0.2) is 24.5 Å². The van der Waals surface area contributed by atoms with Gasteiger partial charge < -0.3 is 4.98 Å². The van der Waals surface area contributed by atoms with Crippen molar-refractivity contribution in [3.8, 4) is 11.5 Å². The molecular formula is C11H10ClN3. The Bertz CT molecular complexity index is 488. The van der Waals surface area contributed by atoms with Gasteiger partial charge in [-0.15, -0.1) is 0 Å². The molecule has 0 aliphatic heterocycles. The Morgan fingerprint density at radius 2 is 2.20 bits per heavy atom. The monoisotopic (exact) mass is 219 g/mol. The standard InChI is InChI=1S/C11H10ClN3/c12-8-2-1-5-13-10(8)11-14-6-9(15-11)7-3-4-7/h1-2,5-7H,3-4H2,(H,14,15). The number of H-pyrrole nitrogens is 1. The van der Waals surface area contributed by atoms with Crippen LogP contribution in [-0.4, -0.2) is 15.0 Å². The third-order valence-corrected chi connectivity index (χ3v) is 2.90. The quantitative estimate of drug-likeness (QED) is 0.844. The molecule has 3 nitrogen and oxygen atoms in total. The molecule has 2 heterocycles. The van der Waals surface area contributed by atoms with Gasteiger partial charge in [0.15, 0.2) is 5.82 Å². The zero-order valence-corrected chi connectivity index (χ0v) is 8.83. The fourth-order valence-electron chi connectivity index (χ4n) is 1.62. The van der Waals surface area contributed by atoms with Crippen LogP contribution in [0.25, 0.3) is 11.5 Å². The van der Waals surface area contributed by atoms with Crippen LogP contribution >= 0.6 is 11.6 Å². The third kappa shape index (κ3) is 1.63. The zero-order chi connectivity index (χ0) is 10.3. The fraction of sp³-hybridized carbons (Fsp3) is 0.273. The van der Waals surface area contributed by atoms with Crippen molar-refractivity contribution in [2.75, 3.05) is 0 Å². The van der Waals surface area contributed by atoms with Crippen LogP contribution in [0.5, 0.6) is 0 Å². The van der Waals surface area contributed by atoms with Gasteiger partial charge in [-0.3, -0.25) is 4.98 Å². The predicted molar refractivity (Wildman–Crippen MR) is 58.8 cm³/mol.